The van der Waals surface area contributed by atoms with Gasteiger partial charge < -0.3 is 15.7 Å². The summed E-state index contributed by atoms with van der Waals surface area (Å²) in [6.07, 6.45) is 10.4. The molecule has 0 aromatic heterocycles. The Morgan fingerprint density at radius 1 is 0.958 bits per heavy atom. The van der Waals surface area contributed by atoms with Gasteiger partial charge in [-0.25, -0.2) is 0 Å². The van der Waals surface area contributed by atoms with Crippen LogP contribution in [0.25, 0.3) is 0 Å². The van der Waals surface area contributed by atoms with Gasteiger partial charge in [0.25, 0.3) is 0 Å². The summed E-state index contributed by atoms with van der Waals surface area (Å²) >= 11 is 12.5. The van der Waals surface area contributed by atoms with E-state index < -0.39 is 6.10 Å². The van der Waals surface area contributed by atoms with Gasteiger partial charge in [-0.1, -0.05) is 19.3 Å². The summed E-state index contributed by atoms with van der Waals surface area (Å²) in [5.74, 6) is 1.54. The minimum Gasteiger partial charge on any atom is -0.393 e. The summed E-state index contributed by atoms with van der Waals surface area (Å²) in [4.78, 5) is 2.65. The van der Waals surface area contributed by atoms with Crippen LogP contribution in [-0.4, -0.2) is 52.5 Å². The van der Waals surface area contributed by atoms with E-state index in [0.29, 0.717) is 12.3 Å². The van der Waals surface area contributed by atoms with Crippen LogP contribution in [0.2, 0.25) is 0 Å². The summed E-state index contributed by atoms with van der Waals surface area (Å²) in [6, 6.07) is 0.0576. The molecule has 0 spiro atoms. The lowest BCUT2D eigenvalue weighted by Crippen LogP contribution is -2.51. The smallest absolute Gasteiger partial charge is 0.0598 e. The van der Waals surface area contributed by atoms with Gasteiger partial charge in [0, 0.05) is 18.5 Å². The lowest BCUT2D eigenvalue weighted by Gasteiger charge is -2.43. The van der Waals surface area contributed by atoms with Crippen molar-refractivity contribution in [3.8, 4) is 0 Å². The van der Waals surface area contributed by atoms with Crippen LogP contribution in [0, 0.1) is 17.8 Å². The third-order valence-corrected chi connectivity index (χ3v) is 7.86. The Labute approximate surface area is 157 Å². The highest BCUT2D eigenvalue weighted by Gasteiger charge is 2.40. The standard InChI is InChI=1S/C19H34Cl2N2O/c20-16-10-15(18(24)11-17(16)21)19(22)14-6-8-23(9-7-14)12-13-4-2-1-3-5-13/h13-19,24H,1-12,22H2. The molecule has 0 aromatic rings. The number of nitrogens with two attached hydrogens (primary N) is 1. The molecule has 1 saturated heterocycles. The van der Waals surface area contributed by atoms with Gasteiger partial charge in [0.2, 0.25) is 0 Å². The van der Waals surface area contributed by atoms with Gasteiger partial charge in [0.05, 0.1) is 16.9 Å². The average Bonchev–Trinajstić information content (AvgIpc) is 2.59. The van der Waals surface area contributed by atoms with Gasteiger partial charge in [0.15, 0.2) is 0 Å². The lowest BCUT2D eigenvalue weighted by atomic mass is 9.74. The first-order valence-corrected chi connectivity index (χ1v) is 10.9. The predicted octanol–water partition coefficient (Wildman–Crippen LogP) is 3.59. The number of alkyl halides is 2. The van der Waals surface area contributed by atoms with Gasteiger partial charge in [-0.3, -0.25) is 0 Å². The molecule has 3 nitrogen and oxygen atoms in total. The molecular weight excluding hydrogens is 343 g/mol. The minimum atomic E-state index is -0.391. The van der Waals surface area contributed by atoms with E-state index in [2.05, 4.69) is 4.90 Å². The van der Waals surface area contributed by atoms with Crippen molar-refractivity contribution in [3.05, 3.63) is 0 Å². The number of piperidine rings is 1. The molecule has 1 aliphatic heterocycles. The number of hydrogen-bond acceptors (Lipinski definition) is 3. The largest absolute Gasteiger partial charge is 0.393 e. The molecule has 24 heavy (non-hydrogen) atoms. The highest BCUT2D eigenvalue weighted by molar-refractivity contribution is 6.30. The van der Waals surface area contributed by atoms with Crippen LogP contribution in [0.1, 0.15) is 57.8 Å². The van der Waals surface area contributed by atoms with Crippen LogP contribution < -0.4 is 5.73 Å². The molecular formula is C19H34Cl2N2O. The van der Waals surface area contributed by atoms with Crippen LogP contribution in [-0.2, 0) is 0 Å². The number of rotatable bonds is 4. The predicted molar refractivity (Wildman–Crippen MR) is 102 cm³/mol. The van der Waals surface area contributed by atoms with Gasteiger partial charge in [-0.2, -0.15) is 0 Å². The maximum atomic E-state index is 10.4. The first-order chi connectivity index (χ1) is 11.5. The molecule has 0 radical (unpaired) electrons. The fourth-order valence-corrected chi connectivity index (χ4v) is 5.73. The van der Waals surface area contributed by atoms with Crippen molar-refractivity contribution in [2.45, 2.75) is 80.7 Å². The molecule has 3 N–H and O–H groups in total. The zero-order valence-electron chi connectivity index (χ0n) is 14.8. The van der Waals surface area contributed by atoms with Crippen molar-refractivity contribution >= 4 is 23.2 Å². The van der Waals surface area contributed by atoms with E-state index >= 15 is 0 Å². The Bertz CT molecular complexity index is 384. The molecule has 0 amide bonds. The molecule has 5 heteroatoms. The van der Waals surface area contributed by atoms with Crippen LogP contribution in [0.3, 0.4) is 0 Å². The van der Waals surface area contributed by atoms with Crippen molar-refractivity contribution in [2.75, 3.05) is 19.6 Å². The fourth-order valence-electron chi connectivity index (χ4n) is 5.14. The summed E-state index contributed by atoms with van der Waals surface area (Å²) in [5.41, 5.74) is 6.57. The molecule has 2 saturated carbocycles. The zero-order chi connectivity index (χ0) is 17.1. The van der Waals surface area contributed by atoms with Crippen molar-refractivity contribution in [3.63, 3.8) is 0 Å². The number of aliphatic hydroxyl groups excluding tert-OH is 1. The van der Waals surface area contributed by atoms with E-state index in [9.17, 15) is 5.11 Å². The fraction of sp³-hybridized carbons (Fsp3) is 1.00. The summed E-state index contributed by atoms with van der Waals surface area (Å²) < 4.78 is 0. The highest BCUT2D eigenvalue weighted by Crippen LogP contribution is 2.37. The Balaban J connectivity index is 1.45. The molecule has 2 aliphatic carbocycles. The van der Waals surface area contributed by atoms with Crippen molar-refractivity contribution in [2.24, 2.45) is 23.5 Å². The molecule has 3 rings (SSSR count). The maximum Gasteiger partial charge on any atom is 0.0598 e. The monoisotopic (exact) mass is 376 g/mol. The Kier molecular flexibility index (Phi) is 7.13. The van der Waals surface area contributed by atoms with Crippen LogP contribution in [0.4, 0.5) is 0 Å². The third-order valence-electron chi connectivity index (χ3n) is 6.76. The highest BCUT2D eigenvalue weighted by atomic mass is 35.5. The minimum absolute atomic E-state index is 0.0576. The first kappa shape index (κ1) is 19.2. The van der Waals surface area contributed by atoms with Crippen molar-refractivity contribution in [1.29, 1.82) is 0 Å². The van der Waals surface area contributed by atoms with Crippen LogP contribution in [0.5, 0.6) is 0 Å². The van der Waals surface area contributed by atoms with Gasteiger partial charge >= 0.3 is 0 Å². The molecule has 5 atom stereocenters. The number of nitrogens with zero attached hydrogens (tertiary/aromatic N) is 1. The van der Waals surface area contributed by atoms with E-state index in [1.54, 1.807) is 0 Å². The van der Waals surface area contributed by atoms with Gasteiger partial charge in [0.1, 0.15) is 0 Å². The molecule has 1 heterocycles. The Hall–Kier alpha value is 0.460. The van der Waals surface area contributed by atoms with E-state index in [0.717, 1.165) is 25.2 Å². The topological polar surface area (TPSA) is 49.5 Å². The first-order valence-electron chi connectivity index (χ1n) is 9.98. The third kappa shape index (κ3) is 4.79. The summed E-state index contributed by atoms with van der Waals surface area (Å²) in [6.45, 7) is 3.62. The molecule has 140 valence electrons. The average molecular weight is 377 g/mol. The van der Waals surface area contributed by atoms with Crippen LogP contribution in [0.15, 0.2) is 0 Å². The Morgan fingerprint density at radius 2 is 1.58 bits per heavy atom. The zero-order valence-corrected chi connectivity index (χ0v) is 16.3. The molecule has 3 aliphatic rings. The second-order valence-electron chi connectivity index (χ2n) is 8.45. The van der Waals surface area contributed by atoms with Crippen LogP contribution >= 0.6 is 23.2 Å². The van der Waals surface area contributed by atoms with E-state index in [1.807, 2.05) is 0 Å². The Morgan fingerprint density at radius 3 is 2.25 bits per heavy atom. The summed E-state index contributed by atoms with van der Waals surface area (Å²) in [5, 5.41) is 10.2. The van der Waals surface area contributed by atoms with Crippen molar-refractivity contribution in [1.82, 2.24) is 4.90 Å². The number of aliphatic hydroxyl groups is 1. The molecule has 3 fully saturated rings. The molecule has 0 aromatic carbocycles. The normalized spacial score (nSPS) is 39.0. The van der Waals surface area contributed by atoms with E-state index in [1.165, 1.54) is 51.7 Å². The van der Waals surface area contributed by atoms with E-state index in [-0.39, 0.29) is 22.7 Å². The second-order valence-corrected chi connectivity index (χ2v) is 9.58. The molecule has 0 bridgehead atoms. The number of likely N-dealkylation sites (tertiary alicyclic amines) is 1. The quantitative estimate of drug-likeness (QED) is 0.736. The number of halogens is 2. The number of hydrogen-bond donors (Lipinski definition) is 2. The maximum absolute atomic E-state index is 10.4. The van der Waals surface area contributed by atoms with Gasteiger partial charge in [-0.05, 0) is 63.5 Å². The lowest BCUT2D eigenvalue weighted by molar-refractivity contribution is 0.0340. The molecule has 5 unspecified atom stereocenters. The summed E-state index contributed by atoms with van der Waals surface area (Å²) in [7, 11) is 0. The second kappa shape index (κ2) is 8.90. The van der Waals surface area contributed by atoms with E-state index in [4.69, 9.17) is 28.9 Å². The van der Waals surface area contributed by atoms with Crippen molar-refractivity contribution < 1.29 is 5.11 Å². The van der Waals surface area contributed by atoms with Gasteiger partial charge in [-0.15, -0.1) is 23.2 Å². The SMILES string of the molecule is NC(C1CCN(CC2CCCCC2)CC1)C1CC(Cl)C(Cl)CC1O.